The van der Waals surface area contributed by atoms with Gasteiger partial charge in [0.05, 0.1) is 6.04 Å². The van der Waals surface area contributed by atoms with Crippen LogP contribution in [0.25, 0.3) is 0 Å². The molecule has 4 fully saturated rings. The maximum atomic E-state index is 13.1. The Balaban J connectivity index is 1.05. The normalized spacial score (nSPS) is 25.0. The van der Waals surface area contributed by atoms with Gasteiger partial charge in [0.2, 0.25) is 11.8 Å². The number of nitrogens with one attached hydrogen (secondary N) is 1. The Morgan fingerprint density at radius 1 is 0.846 bits per heavy atom. The second-order valence-corrected chi connectivity index (χ2v) is 11.3. The Morgan fingerprint density at radius 3 is 2.15 bits per heavy atom. The lowest BCUT2D eigenvalue weighted by molar-refractivity contribution is -0.136. The van der Waals surface area contributed by atoms with Gasteiger partial charge in [-0.3, -0.25) is 29.5 Å². The van der Waals surface area contributed by atoms with Gasteiger partial charge in [-0.2, -0.15) is 0 Å². The van der Waals surface area contributed by atoms with Crippen LogP contribution in [0.5, 0.6) is 0 Å². The lowest BCUT2D eigenvalue weighted by Crippen LogP contribution is -2.68. The molecule has 2 bridgehead atoms. The molecule has 4 saturated heterocycles. The monoisotopic (exact) mass is 520 g/mol. The quantitative estimate of drug-likeness (QED) is 0.504. The standard InChI is InChI=1S/C32H32N4O3/c37-29-14-13-28(31(38)33-29)36-18-24-15-21(11-12-27(24)32(36)39)17-35-25-16-26(35)20-34(19-25)30(22-7-3-1-4-8-22)23-9-5-2-6-10-23/h1-12,15,25-26,28,30H,13-14,16-20H2,(H,33,37,38). The second-order valence-electron chi connectivity index (χ2n) is 11.3. The number of nitrogens with zero attached hydrogens (tertiary/aromatic N) is 3. The van der Waals surface area contributed by atoms with Gasteiger partial charge >= 0.3 is 0 Å². The lowest BCUT2D eigenvalue weighted by atomic mass is 9.84. The zero-order valence-electron chi connectivity index (χ0n) is 21.8. The van der Waals surface area contributed by atoms with Gasteiger partial charge in [0.15, 0.2) is 0 Å². The largest absolute Gasteiger partial charge is 0.322 e. The highest BCUT2D eigenvalue weighted by atomic mass is 16.2. The average molecular weight is 521 g/mol. The fourth-order valence-electron chi connectivity index (χ4n) is 7.01. The molecular weight excluding hydrogens is 488 g/mol. The van der Waals surface area contributed by atoms with E-state index >= 15 is 0 Å². The fourth-order valence-corrected chi connectivity index (χ4v) is 7.01. The van der Waals surface area contributed by atoms with Crippen LogP contribution in [0.4, 0.5) is 0 Å². The number of hydrogen-bond donors (Lipinski definition) is 1. The number of carbonyl (C=O) groups is 3. The maximum absolute atomic E-state index is 13.1. The van der Waals surface area contributed by atoms with E-state index in [-0.39, 0.29) is 30.2 Å². The van der Waals surface area contributed by atoms with Gasteiger partial charge in [0.25, 0.3) is 5.91 Å². The molecule has 3 atom stereocenters. The Bertz CT molecular complexity index is 1370. The lowest BCUT2D eigenvalue weighted by Gasteiger charge is -2.58. The molecule has 3 aromatic carbocycles. The summed E-state index contributed by atoms with van der Waals surface area (Å²) in [4.78, 5) is 43.9. The van der Waals surface area contributed by atoms with Crippen molar-refractivity contribution in [2.45, 2.75) is 56.5 Å². The molecule has 39 heavy (non-hydrogen) atoms. The number of piperidine rings is 2. The molecule has 0 radical (unpaired) electrons. The number of amides is 3. The average Bonchev–Trinajstić information content (AvgIpc) is 3.28. The van der Waals surface area contributed by atoms with Crippen molar-refractivity contribution >= 4 is 17.7 Å². The topological polar surface area (TPSA) is 73.0 Å². The molecule has 3 amide bonds. The Kier molecular flexibility index (Phi) is 6.05. The molecule has 5 heterocycles. The third-order valence-electron chi connectivity index (χ3n) is 8.92. The zero-order chi connectivity index (χ0) is 26.5. The first kappa shape index (κ1) is 24.2. The van der Waals surface area contributed by atoms with Gasteiger partial charge in [0, 0.05) is 50.2 Å². The first-order chi connectivity index (χ1) is 19.0. The van der Waals surface area contributed by atoms with Gasteiger partial charge in [-0.25, -0.2) is 0 Å². The number of carbonyl (C=O) groups excluding carboxylic acids is 3. The summed E-state index contributed by atoms with van der Waals surface area (Å²) in [6, 6.07) is 28.4. The number of hydrogen-bond acceptors (Lipinski definition) is 5. The first-order valence-electron chi connectivity index (χ1n) is 13.9. The van der Waals surface area contributed by atoms with Crippen LogP contribution in [0, 0.1) is 0 Å². The van der Waals surface area contributed by atoms with Crippen LogP contribution in [-0.2, 0) is 22.7 Å². The third kappa shape index (κ3) is 4.36. The third-order valence-corrected chi connectivity index (χ3v) is 8.92. The molecule has 8 rings (SSSR count). The zero-order valence-corrected chi connectivity index (χ0v) is 21.8. The summed E-state index contributed by atoms with van der Waals surface area (Å²) < 4.78 is 0. The molecule has 0 spiro atoms. The molecule has 5 aliphatic rings. The maximum Gasteiger partial charge on any atom is 0.255 e. The van der Waals surface area contributed by atoms with E-state index in [1.165, 1.54) is 23.1 Å². The van der Waals surface area contributed by atoms with Crippen LogP contribution in [0.15, 0.2) is 78.9 Å². The van der Waals surface area contributed by atoms with Gasteiger partial charge < -0.3 is 4.90 Å². The Morgan fingerprint density at radius 2 is 1.51 bits per heavy atom. The number of imide groups is 1. The van der Waals surface area contributed by atoms with Gasteiger partial charge in [-0.1, -0.05) is 72.8 Å². The summed E-state index contributed by atoms with van der Waals surface area (Å²) in [5.41, 5.74) is 5.52. The highest BCUT2D eigenvalue weighted by Crippen LogP contribution is 2.40. The van der Waals surface area contributed by atoms with Crippen molar-refractivity contribution in [2.75, 3.05) is 13.1 Å². The highest BCUT2D eigenvalue weighted by Gasteiger charge is 2.46. The van der Waals surface area contributed by atoms with Crippen LogP contribution in [0.2, 0.25) is 0 Å². The van der Waals surface area contributed by atoms with Crippen molar-refractivity contribution in [2.24, 2.45) is 0 Å². The molecular formula is C32H32N4O3. The van der Waals surface area contributed by atoms with E-state index in [0.717, 1.165) is 25.2 Å². The molecule has 0 saturated carbocycles. The number of fused-ring (bicyclic) bond motifs is 3. The van der Waals surface area contributed by atoms with Crippen LogP contribution in [0.3, 0.4) is 0 Å². The van der Waals surface area contributed by atoms with Gasteiger partial charge in [0.1, 0.15) is 6.04 Å². The molecule has 7 nitrogen and oxygen atoms in total. The summed E-state index contributed by atoms with van der Waals surface area (Å²) in [5, 5.41) is 2.38. The minimum absolute atomic E-state index is 0.115. The van der Waals surface area contributed by atoms with Crippen LogP contribution >= 0.6 is 0 Å². The first-order valence-corrected chi connectivity index (χ1v) is 13.9. The smallest absolute Gasteiger partial charge is 0.255 e. The van der Waals surface area contributed by atoms with Crippen molar-refractivity contribution in [3.63, 3.8) is 0 Å². The Hall–Kier alpha value is -3.81. The van der Waals surface area contributed by atoms with Crippen LogP contribution < -0.4 is 5.32 Å². The van der Waals surface area contributed by atoms with Crippen LogP contribution in [-0.4, -0.2) is 63.6 Å². The number of piperazine rings is 1. The summed E-state index contributed by atoms with van der Waals surface area (Å²) in [6.45, 7) is 3.34. The summed E-state index contributed by atoms with van der Waals surface area (Å²) >= 11 is 0. The molecule has 7 heteroatoms. The van der Waals surface area contributed by atoms with E-state index in [1.54, 1.807) is 4.90 Å². The predicted molar refractivity (Wildman–Crippen MR) is 147 cm³/mol. The number of benzene rings is 3. The van der Waals surface area contributed by atoms with E-state index in [4.69, 9.17) is 0 Å². The van der Waals surface area contributed by atoms with E-state index in [0.29, 0.717) is 30.6 Å². The van der Waals surface area contributed by atoms with Crippen molar-refractivity contribution in [3.05, 3.63) is 107 Å². The summed E-state index contributed by atoms with van der Waals surface area (Å²) in [6.07, 6.45) is 1.88. The molecule has 1 N–H and O–H groups in total. The number of rotatable bonds is 6. The second kappa shape index (κ2) is 9.74. The van der Waals surface area contributed by atoms with Crippen LogP contribution in [0.1, 0.15) is 57.9 Å². The SMILES string of the molecule is O=C1CCC(N2Cc3cc(CN4C5CC4CN(C(c4ccccc4)c4ccccc4)C5)ccc3C2=O)C(=O)N1. The fraction of sp³-hybridized carbons (Fsp3) is 0.344. The van der Waals surface area contributed by atoms with E-state index in [1.807, 2.05) is 6.07 Å². The van der Waals surface area contributed by atoms with E-state index in [9.17, 15) is 14.4 Å². The van der Waals surface area contributed by atoms with Gasteiger partial charge in [-0.15, -0.1) is 0 Å². The predicted octanol–water partition coefficient (Wildman–Crippen LogP) is 3.50. The van der Waals surface area contributed by atoms with Gasteiger partial charge in [-0.05, 0) is 41.2 Å². The molecule has 3 aromatic rings. The Labute approximate surface area is 228 Å². The van der Waals surface area contributed by atoms with E-state index < -0.39 is 6.04 Å². The van der Waals surface area contributed by atoms with Crippen molar-refractivity contribution in [3.8, 4) is 0 Å². The molecule has 5 aliphatic heterocycles. The summed E-state index contributed by atoms with van der Waals surface area (Å²) in [7, 11) is 0. The molecule has 3 unspecified atom stereocenters. The van der Waals surface area contributed by atoms with E-state index in [2.05, 4.69) is 87.9 Å². The minimum atomic E-state index is -0.575. The molecule has 0 aromatic heterocycles. The van der Waals surface area contributed by atoms with Crippen molar-refractivity contribution in [1.29, 1.82) is 0 Å². The molecule has 198 valence electrons. The highest BCUT2D eigenvalue weighted by molar-refractivity contribution is 6.05. The summed E-state index contributed by atoms with van der Waals surface area (Å²) in [5.74, 6) is -0.745. The minimum Gasteiger partial charge on any atom is -0.322 e. The van der Waals surface area contributed by atoms with Crippen molar-refractivity contribution < 1.29 is 14.4 Å². The molecule has 0 aliphatic carbocycles. The van der Waals surface area contributed by atoms with Crippen molar-refractivity contribution in [1.82, 2.24) is 20.0 Å².